The number of carbonyl (C=O) groups is 1. The number of thiophene rings is 2. The van der Waals surface area contributed by atoms with E-state index in [4.69, 9.17) is 5.21 Å². The molecule has 0 aromatic carbocycles. The number of hydroxylamine groups is 1. The van der Waals surface area contributed by atoms with E-state index in [0.717, 1.165) is 19.3 Å². The van der Waals surface area contributed by atoms with Crippen LogP contribution in [0.4, 0.5) is 0 Å². The Morgan fingerprint density at radius 3 is 2.55 bits per heavy atom. The van der Waals surface area contributed by atoms with E-state index >= 15 is 0 Å². The van der Waals surface area contributed by atoms with Crippen molar-refractivity contribution in [3.05, 3.63) is 34.0 Å². The highest BCUT2D eigenvalue weighted by molar-refractivity contribution is 8.00. The molecule has 2 aromatic rings. The number of thioether (sulfide) groups is 1. The average molecular weight is 356 g/mol. The fourth-order valence-corrected chi connectivity index (χ4v) is 4.82. The van der Waals surface area contributed by atoms with Crippen molar-refractivity contribution in [2.75, 3.05) is 6.26 Å². The molecule has 0 radical (unpaired) electrons. The molecule has 1 atom stereocenters. The normalized spacial score (nSPS) is 13.8. The van der Waals surface area contributed by atoms with Crippen molar-refractivity contribution in [2.45, 2.75) is 37.9 Å². The number of hydrogen-bond acceptors (Lipinski definition) is 5. The van der Waals surface area contributed by atoms with Crippen LogP contribution in [0.3, 0.4) is 0 Å². The first kappa shape index (κ1) is 17.5. The first-order valence-electron chi connectivity index (χ1n) is 7.14. The molecule has 0 aliphatic carbocycles. The van der Waals surface area contributed by atoms with Gasteiger partial charge in [-0.1, -0.05) is 0 Å². The number of carbonyl (C=O) groups excluding carboxylic acids is 1. The Morgan fingerprint density at radius 2 is 1.95 bits per heavy atom. The summed E-state index contributed by atoms with van der Waals surface area (Å²) in [5.74, 6) is -0.319. The smallest absolute Gasteiger partial charge is 0.259 e. The Balaban J connectivity index is 1.93. The predicted octanol–water partition coefficient (Wildman–Crippen LogP) is 4.73. The Morgan fingerprint density at radius 1 is 1.27 bits per heavy atom. The van der Waals surface area contributed by atoms with E-state index in [0.29, 0.717) is 0 Å². The molecule has 120 valence electrons. The number of rotatable bonds is 7. The fourth-order valence-electron chi connectivity index (χ4n) is 2.24. The number of aryl methyl sites for hydroxylation is 2. The lowest BCUT2D eigenvalue weighted by molar-refractivity contribution is -0.131. The largest absolute Gasteiger partial charge is 0.289 e. The van der Waals surface area contributed by atoms with Gasteiger partial charge >= 0.3 is 0 Å². The van der Waals surface area contributed by atoms with E-state index < -0.39 is 4.75 Å². The second-order valence-corrected chi connectivity index (χ2v) is 9.17. The first-order valence-corrected chi connectivity index (χ1v) is 9.99. The highest BCUT2D eigenvalue weighted by Crippen LogP contribution is 2.35. The summed E-state index contributed by atoms with van der Waals surface area (Å²) in [6.07, 6.45) is 4.53. The summed E-state index contributed by atoms with van der Waals surface area (Å²) in [4.78, 5) is 17.0. The van der Waals surface area contributed by atoms with Gasteiger partial charge in [0.25, 0.3) is 5.91 Å². The second kappa shape index (κ2) is 7.64. The molecule has 0 aliphatic rings. The van der Waals surface area contributed by atoms with Crippen LogP contribution in [-0.4, -0.2) is 22.1 Å². The van der Waals surface area contributed by atoms with Gasteiger partial charge in [0.15, 0.2) is 0 Å². The summed E-state index contributed by atoms with van der Waals surface area (Å²) in [6, 6.07) is 8.68. The third-order valence-electron chi connectivity index (χ3n) is 3.75. The molecule has 0 bridgehead atoms. The van der Waals surface area contributed by atoms with Crippen LogP contribution < -0.4 is 5.48 Å². The lowest BCUT2D eigenvalue weighted by Gasteiger charge is -2.24. The standard InChI is InChI=1S/C16H21NO2S3/c1-11-6-8-13(21-11)14-9-7-12(22-14)5-4-10-16(2,20-3)15(18)17-19/h6-9,19H,4-5,10H2,1-3H3,(H,17,18). The summed E-state index contributed by atoms with van der Waals surface area (Å²) in [5.41, 5.74) is 1.78. The molecule has 1 unspecified atom stereocenters. The quantitative estimate of drug-likeness (QED) is 0.557. The van der Waals surface area contributed by atoms with Crippen LogP contribution in [0.25, 0.3) is 9.75 Å². The summed E-state index contributed by atoms with van der Waals surface area (Å²) < 4.78 is -0.570. The molecule has 2 N–H and O–H groups in total. The number of amides is 1. The molecule has 3 nitrogen and oxygen atoms in total. The van der Waals surface area contributed by atoms with Gasteiger partial charge in [-0.3, -0.25) is 10.0 Å². The van der Waals surface area contributed by atoms with E-state index in [-0.39, 0.29) is 5.91 Å². The molecular formula is C16H21NO2S3. The van der Waals surface area contributed by atoms with E-state index in [2.05, 4.69) is 31.2 Å². The van der Waals surface area contributed by atoms with Crippen LogP contribution in [0.15, 0.2) is 24.3 Å². The lowest BCUT2D eigenvalue weighted by Crippen LogP contribution is -2.40. The van der Waals surface area contributed by atoms with Crippen molar-refractivity contribution in [2.24, 2.45) is 0 Å². The van der Waals surface area contributed by atoms with Crippen LogP contribution in [0, 0.1) is 6.92 Å². The van der Waals surface area contributed by atoms with Crippen molar-refractivity contribution in [3.63, 3.8) is 0 Å². The van der Waals surface area contributed by atoms with Gasteiger partial charge in [0, 0.05) is 19.5 Å². The van der Waals surface area contributed by atoms with Crippen molar-refractivity contribution in [3.8, 4) is 9.75 Å². The average Bonchev–Trinajstić information content (AvgIpc) is 3.15. The van der Waals surface area contributed by atoms with Gasteiger partial charge < -0.3 is 0 Å². The molecule has 2 rings (SSSR count). The van der Waals surface area contributed by atoms with Crippen molar-refractivity contribution in [1.29, 1.82) is 0 Å². The Hall–Kier alpha value is -0.820. The third kappa shape index (κ3) is 4.13. The molecule has 0 spiro atoms. The monoisotopic (exact) mass is 355 g/mol. The first-order chi connectivity index (χ1) is 10.5. The lowest BCUT2D eigenvalue weighted by atomic mass is 10.0. The maximum Gasteiger partial charge on any atom is 0.259 e. The summed E-state index contributed by atoms with van der Waals surface area (Å²) in [5, 5.41) is 8.84. The van der Waals surface area contributed by atoms with Gasteiger partial charge in [0.05, 0.1) is 4.75 Å². The van der Waals surface area contributed by atoms with Gasteiger partial charge in [-0.05, 0) is 63.6 Å². The van der Waals surface area contributed by atoms with Gasteiger partial charge in [-0.2, -0.15) is 0 Å². The molecule has 2 heterocycles. The van der Waals surface area contributed by atoms with E-state index in [1.165, 1.54) is 31.3 Å². The minimum absolute atomic E-state index is 0.319. The maximum absolute atomic E-state index is 11.7. The molecular weight excluding hydrogens is 334 g/mol. The van der Waals surface area contributed by atoms with Crippen molar-refractivity contribution < 1.29 is 10.0 Å². The van der Waals surface area contributed by atoms with Crippen LogP contribution in [0.1, 0.15) is 29.5 Å². The molecule has 2 aromatic heterocycles. The predicted molar refractivity (Wildman–Crippen MR) is 97.2 cm³/mol. The minimum atomic E-state index is -0.570. The van der Waals surface area contributed by atoms with E-state index in [1.54, 1.807) is 5.48 Å². The van der Waals surface area contributed by atoms with Crippen molar-refractivity contribution >= 4 is 40.3 Å². The minimum Gasteiger partial charge on any atom is -0.289 e. The highest BCUT2D eigenvalue weighted by Gasteiger charge is 2.31. The van der Waals surface area contributed by atoms with Gasteiger partial charge in [0.2, 0.25) is 0 Å². The van der Waals surface area contributed by atoms with Gasteiger partial charge in [0.1, 0.15) is 0 Å². The molecule has 22 heavy (non-hydrogen) atoms. The topological polar surface area (TPSA) is 49.3 Å². The molecule has 1 amide bonds. The molecule has 0 fully saturated rings. The Bertz CT molecular complexity index is 635. The Kier molecular flexibility index (Phi) is 6.09. The fraction of sp³-hybridized carbons (Fsp3) is 0.438. The Labute approximate surface area is 143 Å². The zero-order valence-electron chi connectivity index (χ0n) is 13.0. The zero-order valence-corrected chi connectivity index (χ0v) is 15.5. The van der Waals surface area contributed by atoms with Gasteiger partial charge in [-0.25, -0.2) is 5.48 Å². The molecule has 0 saturated heterocycles. The van der Waals surface area contributed by atoms with Crippen LogP contribution >= 0.6 is 34.4 Å². The van der Waals surface area contributed by atoms with Crippen molar-refractivity contribution in [1.82, 2.24) is 5.48 Å². The summed E-state index contributed by atoms with van der Waals surface area (Å²) >= 11 is 5.12. The van der Waals surface area contributed by atoms with Crippen LogP contribution in [0.2, 0.25) is 0 Å². The van der Waals surface area contributed by atoms with Crippen LogP contribution in [0.5, 0.6) is 0 Å². The zero-order chi connectivity index (χ0) is 16.2. The summed E-state index contributed by atoms with van der Waals surface area (Å²) in [7, 11) is 0. The van der Waals surface area contributed by atoms with E-state index in [9.17, 15) is 4.79 Å². The summed E-state index contributed by atoms with van der Waals surface area (Å²) in [6.45, 7) is 4.00. The highest BCUT2D eigenvalue weighted by atomic mass is 32.2. The third-order valence-corrected chi connectivity index (χ3v) is 7.39. The van der Waals surface area contributed by atoms with E-state index in [1.807, 2.05) is 35.9 Å². The van der Waals surface area contributed by atoms with Gasteiger partial charge in [-0.15, -0.1) is 34.4 Å². The maximum atomic E-state index is 11.7. The van der Waals surface area contributed by atoms with Crippen LogP contribution in [-0.2, 0) is 11.2 Å². The molecule has 0 aliphatic heterocycles. The number of nitrogens with one attached hydrogen (secondary N) is 1. The molecule has 0 saturated carbocycles. The second-order valence-electron chi connectivity index (χ2n) is 5.41. The SMILES string of the molecule is CSC(C)(CCCc1ccc(-c2ccc(C)s2)s1)C(=O)NO. The number of hydrogen-bond donors (Lipinski definition) is 2. The molecule has 6 heteroatoms.